The summed E-state index contributed by atoms with van der Waals surface area (Å²) >= 11 is 0. The molecule has 0 saturated carbocycles. The van der Waals surface area contributed by atoms with Crippen LogP contribution in [0.4, 0.5) is 6.01 Å². The van der Waals surface area contributed by atoms with Crippen molar-refractivity contribution in [3.8, 4) is 0 Å². The molecule has 0 aromatic carbocycles. The number of carbonyl (C=O) groups is 1. The lowest BCUT2D eigenvalue weighted by atomic mass is 10.1. The number of aromatic nitrogens is 2. The van der Waals surface area contributed by atoms with Gasteiger partial charge in [0, 0.05) is 12.6 Å². The van der Waals surface area contributed by atoms with E-state index < -0.39 is 5.91 Å². The normalized spacial score (nSPS) is 11.5. The molecule has 0 aliphatic carbocycles. The number of anilines is 1. The van der Waals surface area contributed by atoms with Crippen LogP contribution in [-0.4, -0.2) is 35.2 Å². The Morgan fingerprint density at radius 1 is 1.47 bits per heavy atom. The third kappa shape index (κ3) is 4.81. The molecule has 3 N–H and O–H groups in total. The number of amides is 1. The molecule has 0 bridgehead atoms. The van der Waals surface area contributed by atoms with E-state index in [1.54, 1.807) is 7.05 Å². The molecule has 0 fully saturated rings. The van der Waals surface area contributed by atoms with Crippen molar-refractivity contribution in [3.05, 3.63) is 5.89 Å². The monoisotopic (exact) mass is 241 g/mol. The molecular formula is C10H19N5O2. The average Bonchev–Trinajstić information content (AvgIpc) is 2.60. The van der Waals surface area contributed by atoms with Crippen molar-refractivity contribution < 1.29 is 9.21 Å². The van der Waals surface area contributed by atoms with Gasteiger partial charge >= 0.3 is 6.01 Å². The lowest BCUT2D eigenvalue weighted by Crippen LogP contribution is -2.35. The molecule has 0 spiro atoms. The van der Waals surface area contributed by atoms with Gasteiger partial charge < -0.3 is 20.4 Å². The quantitative estimate of drug-likeness (QED) is 0.746. The van der Waals surface area contributed by atoms with Crippen molar-refractivity contribution in [2.75, 3.05) is 18.5 Å². The van der Waals surface area contributed by atoms with Crippen LogP contribution in [0.25, 0.3) is 0 Å². The van der Waals surface area contributed by atoms with Crippen molar-refractivity contribution in [3.63, 3.8) is 0 Å². The molecule has 1 rings (SSSR count). The minimum atomic E-state index is -0.444. The van der Waals surface area contributed by atoms with E-state index in [9.17, 15) is 4.79 Å². The zero-order valence-corrected chi connectivity index (χ0v) is 10.6. The van der Waals surface area contributed by atoms with Gasteiger partial charge in [0.1, 0.15) is 6.54 Å². The summed E-state index contributed by atoms with van der Waals surface area (Å²) in [4.78, 5) is 12.2. The van der Waals surface area contributed by atoms with Gasteiger partial charge in [0.25, 0.3) is 0 Å². The van der Waals surface area contributed by atoms with Gasteiger partial charge in [-0.05, 0) is 20.8 Å². The first-order chi connectivity index (χ1) is 7.78. The minimum Gasteiger partial charge on any atom is -0.407 e. The Morgan fingerprint density at radius 3 is 2.65 bits per heavy atom. The van der Waals surface area contributed by atoms with Gasteiger partial charge in [0.15, 0.2) is 0 Å². The van der Waals surface area contributed by atoms with Crippen molar-refractivity contribution in [2.45, 2.75) is 32.9 Å². The van der Waals surface area contributed by atoms with Crippen LogP contribution in [0.5, 0.6) is 0 Å². The second kappa shape index (κ2) is 5.13. The van der Waals surface area contributed by atoms with Crippen molar-refractivity contribution in [1.29, 1.82) is 0 Å². The lowest BCUT2D eigenvalue weighted by Gasteiger charge is -2.18. The Labute approximate surface area is 100 Å². The molecule has 0 atom stereocenters. The maximum absolute atomic E-state index is 10.7. The molecule has 17 heavy (non-hydrogen) atoms. The van der Waals surface area contributed by atoms with E-state index in [1.165, 1.54) is 4.90 Å². The van der Waals surface area contributed by atoms with Crippen LogP contribution in [0.3, 0.4) is 0 Å². The van der Waals surface area contributed by atoms with Crippen LogP contribution in [0, 0.1) is 0 Å². The number of likely N-dealkylation sites (N-methyl/N-ethyl adjacent to an activating group) is 1. The third-order valence-corrected chi connectivity index (χ3v) is 1.95. The number of primary amides is 1. The van der Waals surface area contributed by atoms with E-state index >= 15 is 0 Å². The number of nitrogens with two attached hydrogens (primary N) is 1. The molecule has 7 heteroatoms. The summed E-state index contributed by atoms with van der Waals surface area (Å²) in [6.07, 6.45) is 0. The van der Waals surface area contributed by atoms with Gasteiger partial charge in [0.05, 0.1) is 6.54 Å². The van der Waals surface area contributed by atoms with E-state index in [0.717, 1.165) is 0 Å². The Balaban J connectivity index is 2.56. The maximum atomic E-state index is 10.7. The summed E-state index contributed by atoms with van der Waals surface area (Å²) in [7, 11) is 1.67. The number of carbonyl (C=O) groups excluding carboxylic acids is 1. The molecular weight excluding hydrogens is 222 g/mol. The van der Waals surface area contributed by atoms with Crippen molar-refractivity contribution >= 4 is 11.9 Å². The second-order valence-corrected chi connectivity index (χ2v) is 4.90. The molecule has 1 amide bonds. The van der Waals surface area contributed by atoms with Crippen LogP contribution in [0.15, 0.2) is 4.42 Å². The predicted octanol–water partition coefficient (Wildman–Crippen LogP) is -0.121. The van der Waals surface area contributed by atoms with E-state index in [2.05, 4.69) is 15.5 Å². The first-order valence-electron chi connectivity index (χ1n) is 5.35. The topological polar surface area (TPSA) is 97.3 Å². The number of hydrogen-bond acceptors (Lipinski definition) is 6. The van der Waals surface area contributed by atoms with Gasteiger partial charge in [-0.2, -0.15) is 0 Å². The number of hydrogen-bond donors (Lipinski definition) is 2. The Kier molecular flexibility index (Phi) is 4.06. The standard InChI is InChI=1S/C10H19N5O2/c1-10(2,3)12-5-8-13-14-9(17-8)15(4)6-7(11)16/h12H,5-6H2,1-4H3,(H2,11,16). The molecule has 0 radical (unpaired) electrons. The van der Waals surface area contributed by atoms with Gasteiger partial charge in [0.2, 0.25) is 11.8 Å². The maximum Gasteiger partial charge on any atom is 0.318 e. The average molecular weight is 241 g/mol. The lowest BCUT2D eigenvalue weighted by molar-refractivity contribution is -0.116. The fourth-order valence-corrected chi connectivity index (χ4v) is 1.11. The van der Waals surface area contributed by atoms with Crippen LogP contribution in [-0.2, 0) is 11.3 Å². The van der Waals surface area contributed by atoms with Gasteiger partial charge in [-0.25, -0.2) is 0 Å². The highest BCUT2D eigenvalue weighted by molar-refractivity contribution is 5.78. The zero-order chi connectivity index (χ0) is 13.1. The second-order valence-electron chi connectivity index (χ2n) is 4.90. The highest BCUT2D eigenvalue weighted by Crippen LogP contribution is 2.10. The summed E-state index contributed by atoms with van der Waals surface area (Å²) in [5.41, 5.74) is 5.05. The fraction of sp³-hybridized carbons (Fsp3) is 0.700. The molecule has 1 heterocycles. The highest BCUT2D eigenvalue weighted by atomic mass is 16.4. The Hall–Kier alpha value is -1.63. The SMILES string of the molecule is CN(CC(N)=O)c1nnc(CNC(C)(C)C)o1. The third-order valence-electron chi connectivity index (χ3n) is 1.95. The van der Waals surface area contributed by atoms with E-state index in [-0.39, 0.29) is 18.1 Å². The predicted molar refractivity (Wildman–Crippen MR) is 63.4 cm³/mol. The molecule has 96 valence electrons. The van der Waals surface area contributed by atoms with E-state index in [0.29, 0.717) is 12.4 Å². The number of nitrogens with zero attached hydrogens (tertiary/aromatic N) is 3. The molecule has 7 nitrogen and oxygen atoms in total. The van der Waals surface area contributed by atoms with Gasteiger partial charge in [-0.3, -0.25) is 4.79 Å². The van der Waals surface area contributed by atoms with Crippen LogP contribution in [0.1, 0.15) is 26.7 Å². The summed E-state index contributed by atoms with van der Waals surface area (Å²) < 4.78 is 5.38. The number of nitrogens with one attached hydrogen (secondary N) is 1. The van der Waals surface area contributed by atoms with Crippen molar-refractivity contribution in [1.82, 2.24) is 15.5 Å². The highest BCUT2D eigenvalue weighted by Gasteiger charge is 2.14. The summed E-state index contributed by atoms with van der Waals surface area (Å²) in [6, 6.07) is 0.287. The summed E-state index contributed by atoms with van der Waals surface area (Å²) in [5, 5.41) is 10.9. The van der Waals surface area contributed by atoms with Gasteiger partial charge in [-0.1, -0.05) is 5.10 Å². The fourth-order valence-electron chi connectivity index (χ4n) is 1.11. The Morgan fingerprint density at radius 2 is 2.12 bits per heavy atom. The molecule has 0 saturated heterocycles. The molecule has 1 aromatic rings. The largest absolute Gasteiger partial charge is 0.407 e. The van der Waals surface area contributed by atoms with Gasteiger partial charge in [-0.15, -0.1) is 5.10 Å². The van der Waals surface area contributed by atoms with Crippen LogP contribution < -0.4 is 16.0 Å². The Bertz CT molecular complexity index is 382. The molecule has 0 aliphatic rings. The van der Waals surface area contributed by atoms with Crippen LogP contribution >= 0.6 is 0 Å². The summed E-state index contributed by atoms with van der Waals surface area (Å²) in [6.45, 7) is 6.67. The smallest absolute Gasteiger partial charge is 0.318 e. The molecule has 0 unspecified atom stereocenters. The van der Waals surface area contributed by atoms with E-state index in [1.807, 2.05) is 20.8 Å². The first kappa shape index (κ1) is 13.4. The zero-order valence-electron chi connectivity index (χ0n) is 10.6. The van der Waals surface area contributed by atoms with E-state index in [4.69, 9.17) is 10.2 Å². The van der Waals surface area contributed by atoms with Crippen molar-refractivity contribution in [2.24, 2.45) is 5.73 Å². The minimum absolute atomic E-state index is 0.0201. The number of rotatable bonds is 5. The molecule has 1 aromatic heterocycles. The molecule has 0 aliphatic heterocycles. The first-order valence-corrected chi connectivity index (χ1v) is 5.35. The summed E-state index contributed by atoms with van der Waals surface area (Å²) in [5.74, 6) is 0.0336. The van der Waals surface area contributed by atoms with Crippen LogP contribution in [0.2, 0.25) is 0 Å².